The highest BCUT2D eigenvalue weighted by molar-refractivity contribution is 6.62. The number of carbonyl (C=O) groups is 3. The highest BCUT2D eigenvalue weighted by atomic mass is 16.5. The fraction of sp³-hybridized carbons (Fsp3) is 0.286. The number of amides is 2. The van der Waals surface area contributed by atoms with Gasteiger partial charge in [0.2, 0.25) is 0 Å². The average Bonchev–Trinajstić information content (AvgIpc) is 3.50. The minimum absolute atomic E-state index is 0.0222. The van der Waals surface area contributed by atoms with Crippen molar-refractivity contribution in [3.63, 3.8) is 0 Å². The summed E-state index contributed by atoms with van der Waals surface area (Å²) >= 11 is 0. The molecule has 33 heavy (non-hydrogen) atoms. The number of hydrogen-bond acceptors (Lipinski definition) is 7. The van der Waals surface area contributed by atoms with Crippen molar-refractivity contribution in [2.75, 3.05) is 6.54 Å². The van der Waals surface area contributed by atoms with Crippen molar-refractivity contribution in [2.45, 2.75) is 31.7 Å². The number of carboxylic acids is 1. The number of rotatable bonds is 4. The number of carboxylic acid groups (broad SMARTS) is 1. The van der Waals surface area contributed by atoms with Crippen molar-refractivity contribution < 1.29 is 38.8 Å². The van der Waals surface area contributed by atoms with Crippen molar-refractivity contribution in [3.05, 3.63) is 58.7 Å². The summed E-state index contributed by atoms with van der Waals surface area (Å²) in [5.41, 5.74) is 3.13. The molecule has 2 atom stereocenters. The highest BCUT2D eigenvalue weighted by Gasteiger charge is 2.41. The number of nitrogens with zero attached hydrogens (tertiary/aromatic N) is 1. The molecule has 0 saturated carbocycles. The third-order valence-corrected chi connectivity index (χ3v) is 6.31. The van der Waals surface area contributed by atoms with E-state index in [1.165, 1.54) is 11.0 Å². The molecule has 1 fully saturated rings. The van der Waals surface area contributed by atoms with Crippen LogP contribution in [-0.2, 0) is 27.3 Å². The summed E-state index contributed by atoms with van der Waals surface area (Å²) in [4.78, 5) is 39.0. The van der Waals surface area contributed by atoms with E-state index in [2.05, 4.69) is 5.32 Å². The first-order valence-corrected chi connectivity index (χ1v) is 10.5. The van der Waals surface area contributed by atoms with E-state index in [4.69, 9.17) is 9.31 Å². The lowest BCUT2D eigenvalue weighted by Gasteiger charge is -2.21. The van der Waals surface area contributed by atoms with Crippen molar-refractivity contribution in [1.82, 2.24) is 10.2 Å². The van der Waals surface area contributed by atoms with E-state index in [9.17, 15) is 29.5 Å². The van der Waals surface area contributed by atoms with E-state index in [-0.39, 0.29) is 31.7 Å². The molecular formula is C21H20B2N2O8. The minimum atomic E-state index is -1.16. The van der Waals surface area contributed by atoms with E-state index in [1.54, 1.807) is 30.3 Å². The molecule has 168 valence electrons. The van der Waals surface area contributed by atoms with Crippen molar-refractivity contribution in [1.29, 1.82) is 0 Å². The van der Waals surface area contributed by atoms with Gasteiger partial charge < -0.3 is 34.7 Å². The van der Waals surface area contributed by atoms with Crippen molar-refractivity contribution in [2.24, 2.45) is 0 Å². The topological polar surface area (TPSA) is 146 Å². The monoisotopic (exact) mass is 450 g/mol. The number of hydrogen-bond donors (Lipinski definition) is 4. The second-order valence-electron chi connectivity index (χ2n) is 8.37. The Kier molecular flexibility index (Phi) is 5.45. The Hall–Kier alpha value is -3.18. The molecule has 0 radical (unpaired) electrons. The molecule has 4 N–H and O–H groups in total. The molecule has 1 saturated heterocycles. The largest absolute Gasteiger partial charge is 0.491 e. The van der Waals surface area contributed by atoms with Crippen LogP contribution in [0.4, 0.5) is 0 Å². The standard InChI is InChI=1S/C21H20B2N2O8/c26-19(11-1-3-13-9-32-22(30)16(13)5-11)24-15-7-18(21(28)29)25(8-15)20(27)12-2-4-14-10-33-23(31)17(14)6-12/h1-6,15,18,30-31H,7-10H2,(H,24,26)(H,28,29). The molecule has 5 rings (SSSR count). The fourth-order valence-corrected chi connectivity index (χ4v) is 4.54. The first-order valence-electron chi connectivity index (χ1n) is 10.5. The first kappa shape index (κ1) is 21.7. The van der Waals surface area contributed by atoms with Crippen molar-refractivity contribution >= 4 is 42.9 Å². The molecule has 0 bridgehead atoms. The lowest BCUT2D eigenvalue weighted by molar-refractivity contribution is -0.141. The zero-order valence-electron chi connectivity index (χ0n) is 17.4. The molecule has 2 amide bonds. The number of nitrogens with one attached hydrogen (secondary N) is 1. The second-order valence-corrected chi connectivity index (χ2v) is 8.37. The summed E-state index contributed by atoms with van der Waals surface area (Å²) < 4.78 is 10.3. The predicted molar refractivity (Wildman–Crippen MR) is 116 cm³/mol. The highest BCUT2D eigenvalue weighted by Crippen LogP contribution is 2.23. The summed E-state index contributed by atoms with van der Waals surface area (Å²) in [6, 6.07) is 7.95. The van der Waals surface area contributed by atoms with Crippen LogP contribution in [0.2, 0.25) is 0 Å². The maximum absolute atomic E-state index is 13.1. The molecule has 0 aliphatic carbocycles. The smallest absolute Gasteiger partial charge is 0.480 e. The fourth-order valence-electron chi connectivity index (χ4n) is 4.54. The van der Waals surface area contributed by atoms with Crippen LogP contribution in [0.25, 0.3) is 0 Å². The molecule has 3 heterocycles. The normalized spacial score (nSPS) is 21.2. The second kappa shape index (κ2) is 8.31. The van der Waals surface area contributed by atoms with Gasteiger partial charge in [0.15, 0.2) is 0 Å². The number of aliphatic carboxylic acids is 1. The third kappa shape index (κ3) is 3.91. The maximum atomic E-state index is 13.1. The zero-order valence-corrected chi connectivity index (χ0v) is 17.4. The summed E-state index contributed by atoms with van der Waals surface area (Å²) in [6.07, 6.45) is 0.0557. The summed E-state index contributed by atoms with van der Waals surface area (Å²) in [6.45, 7) is 0.533. The van der Waals surface area contributed by atoms with Gasteiger partial charge in [-0.3, -0.25) is 9.59 Å². The average molecular weight is 450 g/mol. The van der Waals surface area contributed by atoms with Crippen LogP contribution in [-0.4, -0.2) is 70.7 Å². The summed E-state index contributed by atoms with van der Waals surface area (Å²) in [5, 5.41) is 32.2. The number of carbonyl (C=O) groups excluding carboxylic acids is 2. The van der Waals surface area contributed by atoms with Crippen LogP contribution in [0.3, 0.4) is 0 Å². The van der Waals surface area contributed by atoms with E-state index in [1.807, 2.05) is 0 Å². The maximum Gasteiger partial charge on any atom is 0.491 e. The van der Waals surface area contributed by atoms with E-state index < -0.39 is 44.1 Å². The Morgan fingerprint density at radius 2 is 1.52 bits per heavy atom. The lowest BCUT2D eigenvalue weighted by Crippen LogP contribution is -2.42. The molecule has 0 spiro atoms. The Labute approximate surface area is 189 Å². The Balaban J connectivity index is 1.32. The summed E-state index contributed by atoms with van der Waals surface area (Å²) in [7, 11) is -2.20. The van der Waals surface area contributed by atoms with Crippen LogP contribution in [0.5, 0.6) is 0 Å². The number of likely N-dealkylation sites (tertiary alicyclic amines) is 1. The van der Waals surface area contributed by atoms with Gasteiger partial charge in [0.05, 0.1) is 13.2 Å². The number of benzene rings is 2. The Morgan fingerprint density at radius 1 is 0.939 bits per heavy atom. The van der Waals surface area contributed by atoms with Crippen molar-refractivity contribution in [3.8, 4) is 0 Å². The molecule has 2 aromatic rings. The van der Waals surface area contributed by atoms with E-state index in [0.29, 0.717) is 16.5 Å². The molecule has 2 unspecified atom stereocenters. The van der Waals surface area contributed by atoms with Gasteiger partial charge in [-0.15, -0.1) is 0 Å². The van der Waals surface area contributed by atoms with Gasteiger partial charge in [-0.2, -0.15) is 0 Å². The molecule has 2 aromatic carbocycles. The van der Waals surface area contributed by atoms with Crippen LogP contribution in [0.1, 0.15) is 38.3 Å². The molecule has 3 aliphatic heterocycles. The van der Waals surface area contributed by atoms with Gasteiger partial charge in [0.25, 0.3) is 11.8 Å². The van der Waals surface area contributed by atoms with E-state index >= 15 is 0 Å². The van der Waals surface area contributed by atoms with Crippen LogP contribution in [0.15, 0.2) is 36.4 Å². The van der Waals surface area contributed by atoms with E-state index in [0.717, 1.165) is 11.1 Å². The lowest BCUT2D eigenvalue weighted by atomic mass is 9.78. The minimum Gasteiger partial charge on any atom is -0.480 e. The quantitative estimate of drug-likeness (QED) is 0.401. The molecule has 3 aliphatic rings. The SMILES string of the molecule is O=C(NC1CC(C(=O)O)N(C(=O)c2ccc3c(c2)B(O)OC3)C1)c1ccc2c(c1)B(O)OC2. The Morgan fingerprint density at radius 3 is 2.12 bits per heavy atom. The van der Waals surface area contributed by atoms with Crippen LogP contribution >= 0.6 is 0 Å². The van der Waals surface area contributed by atoms with Gasteiger partial charge in [-0.05, 0) is 46.3 Å². The molecule has 12 heteroatoms. The molecular weight excluding hydrogens is 430 g/mol. The number of fused-ring (bicyclic) bond motifs is 2. The van der Waals surface area contributed by atoms with Gasteiger partial charge in [-0.1, -0.05) is 12.1 Å². The molecule has 10 nitrogen and oxygen atoms in total. The van der Waals surface area contributed by atoms with Gasteiger partial charge >= 0.3 is 20.2 Å². The first-order chi connectivity index (χ1) is 15.8. The molecule has 0 aromatic heterocycles. The van der Waals surface area contributed by atoms with Crippen LogP contribution < -0.4 is 16.2 Å². The van der Waals surface area contributed by atoms with Gasteiger partial charge in [-0.25, -0.2) is 4.79 Å². The van der Waals surface area contributed by atoms with Crippen LogP contribution in [0, 0.1) is 0 Å². The third-order valence-electron chi connectivity index (χ3n) is 6.31. The predicted octanol–water partition coefficient (Wildman–Crippen LogP) is -1.78. The summed E-state index contributed by atoms with van der Waals surface area (Å²) in [5.74, 6) is -2.10. The van der Waals surface area contributed by atoms with Gasteiger partial charge in [0, 0.05) is 30.1 Å². The van der Waals surface area contributed by atoms with Gasteiger partial charge in [0.1, 0.15) is 6.04 Å². The zero-order chi connectivity index (χ0) is 23.3. The Bertz CT molecular complexity index is 1160.